The van der Waals surface area contributed by atoms with Gasteiger partial charge in [0.25, 0.3) is 0 Å². The molecular weight excluding hydrogens is 590 g/mol. The summed E-state index contributed by atoms with van der Waals surface area (Å²) in [6.45, 7) is 4.00. The van der Waals surface area contributed by atoms with Crippen molar-refractivity contribution in [2.24, 2.45) is 0 Å². The Hall–Kier alpha value is -0.500. The van der Waals surface area contributed by atoms with Crippen LogP contribution in [-0.2, 0) is 9.47 Å². The summed E-state index contributed by atoms with van der Waals surface area (Å²) in [5.74, 6) is 0. The maximum Gasteiger partial charge on any atom is 0.0466 e. The molecular formula is C37H90F6O2. The molecule has 0 unspecified atom stereocenters. The molecule has 2 nitrogen and oxygen atoms in total. The summed E-state index contributed by atoms with van der Waals surface area (Å²) in [4.78, 5) is 0. The van der Waals surface area contributed by atoms with Crippen LogP contribution >= 0.6 is 0 Å². The lowest BCUT2D eigenvalue weighted by molar-refractivity contribution is 0.0967. The first-order valence-corrected chi connectivity index (χ1v) is 16.2. The molecule has 0 radical (unpaired) electrons. The lowest BCUT2D eigenvalue weighted by atomic mass is 10.0. The van der Waals surface area contributed by atoms with E-state index in [1.165, 1.54) is 180 Å². The van der Waals surface area contributed by atoms with Crippen molar-refractivity contribution in [3.63, 3.8) is 0 Å². The molecule has 0 amide bonds. The number of ether oxygens (including phenoxy) is 2. The second-order valence-corrected chi connectivity index (χ2v) is 11.1. The summed E-state index contributed by atoms with van der Waals surface area (Å²) in [5, 5.41) is 0. The maximum atomic E-state index is 5.07. The molecule has 0 aromatic carbocycles. The summed E-state index contributed by atoms with van der Waals surface area (Å²) in [7, 11) is 0. The fourth-order valence-corrected chi connectivity index (χ4v) is 5.26. The van der Waals surface area contributed by atoms with Gasteiger partial charge in [0, 0.05) is 26.4 Å². The largest absolute Gasteiger partial charge is 0.381 e. The van der Waals surface area contributed by atoms with Crippen molar-refractivity contribution in [3.05, 3.63) is 0 Å². The van der Waals surface area contributed by atoms with Gasteiger partial charge < -0.3 is 9.47 Å². The van der Waals surface area contributed by atoms with Crippen LogP contribution in [0.1, 0.15) is 217 Å². The predicted molar refractivity (Wildman–Crippen MR) is 200 cm³/mol. The van der Waals surface area contributed by atoms with Crippen LogP contribution < -0.4 is 0 Å². The van der Waals surface area contributed by atoms with E-state index < -0.39 is 0 Å². The average Bonchev–Trinajstić information content (AvgIpc) is 3.74. The van der Waals surface area contributed by atoms with E-state index in [9.17, 15) is 0 Å². The fourth-order valence-electron chi connectivity index (χ4n) is 5.26. The van der Waals surface area contributed by atoms with Crippen LogP contribution in [0.25, 0.3) is 0 Å². The molecule has 0 N–H and O–H groups in total. The van der Waals surface area contributed by atoms with E-state index >= 15 is 0 Å². The van der Waals surface area contributed by atoms with Crippen LogP contribution in [0, 0.1) is 0 Å². The van der Waals surface area contributed by atoms with E-state index in [4.69, 9.17) is 9.47 Å². The zero-order valence-corrected chi connectivity index (χ0v) is 25.9. The minimum Gasteiger partial charge on any atom is -0.381 e. The van der Waals surface area contributed by atoms with Crippen LogP contribution in [0.5, 0.6) is 0 Å². The smallest absolute Gasteiger partial charge is 0.0466 e. The number of rotatable bonds is 0. The molecule has 6 aliphatic rings. The Labute approximate surface area is 280 Å². The van der Waals surface area contributed by atoms with Crippen molar-refractivity contribution in [3.8, 4) is 0 Å². The van der Waals surface area contributed by atoms with E-state index in [-0.39, 0.29) is 65.4 Å². The van der Waals surface area contributed by atoms with Gasteiger partial charge in [-0.3, -0.25) is 28.2 Å². The third-order valence-corrected chi connectivity index (χ3v) is 7.65. The lowest BCUT2D eigenvalue weighted by Gasteiger charge is -2.08. The Morgan fingerprint density at radius 2 is 0.244 bits per heavy atom. The van der Waals surface area contributed by atoms with Gasteiger partial charge in [0.15, 0.2) is 0 Å². The first-order valence-electron chi connectivity index (χ1n) is 16.2. The van der Waals surface area contributed by atoms with Crippen LogP contribution in [0.15, 0.2) is 0 Å². The molecule has 8 heteroatoms. The van der Waals surface area contributed by atoms with E-state index in [1.54, 1.807) is 0 Å². The van der Waals surface area contributed by atoms with Gasteiger partial charge in [-0.2, -0.15) is 0 Å². The van der Waals surface area contributed by atoms with E-state index in [1.807, 2.05) is 0 Å². The second kappa shape index (κ2) is 70.0. The first-order chi connectivity index (χ1) is 17.0. The molecule has 0 aromatic rings. The highest BCUT2D eigenvalue weighted by Gasteiger charge is 1.98. The predicted octanol–water partition coefficient (Wildman–Crippen LogP) is 15.1. The minimum atomic E-state index is 0. The Morgan fingerprint density at radius 1 is 0.156 bits per heavy atom. The molecule has 2 heterocycles. The second-order valence-electron chi connectivity index (χ2n) is 11.1. The minimum absolute atomic E-state index is 0. The molecule has 292 valence electrons. The standard InChI is InChI=1S/2C6H12.2C5H10O.2C5H10.5CH4.6FH/c4*1-2-4-6-5-3-1;2*1-2-4-5-3-1;;;;;;;;;;;/h2*1-6H2;2*1-5H2;2*1-5H2;5*1H4;6*1H. The SMILES string of the molecule is C.C.C.C.C.C1CCCC1.C1CCCC1.C1CCCCC1.C1CCCCC1.C1CCOCC1.C1CCOCC1.F.F.F.F.F.F. The summed E-state index contributed by atoms with van der Waals surface area (Å²) < 4.78 is 10.1. The van der Waals surface area contributed by atoms with Crippen molar-refractivity contribution in [2.75, 3.05) is 26.4 Å². The van der Waals surface area contributed by atoms with Crippen molar-refractivity contribution in [1.29, 1.82) is 0 Å². The Bertz CT molecular complexity index is 240. The lowest BCUT2D eigenvalue weighted by Crippen LogP contribution is -2.03. The van der Waals surface area contributed by atoms with Crippen LogP contribution in [0.3, 0.4) is 0 Å². The highest BCUT2D eigenvalue weighted by atomic mass is 19.0. The molecule has 0 atom stereocenters. The Balaban J connectivity index is -0.0000000327. The number of hydrogen-bond donors (Lipinski definition) is 0. The quantitative estimate of drug-likeness (QED) is 0.237. The number of halogens is 6. The topological polar surface area (TPSA) is 18.5 Å². The molecule has 6 rings (SSSR count). The van der Waals surface area contributed by atoms with Gasteiger partial charge in [-0.25, -0.2) is 0 Å². The van der Waals surface area contributed by atoms with E-state index in [0.717, 1.165) is 26.4 Å². The normalized spacial score (nSPS) is 18.1. The molecule has 4 aliphatic carbocycles. The summed E-state index contributed by atoms with van der Waals surface area (Å²) >= 11 is 0. The van der Waals surface area contributed by atoms with Gasteiger partial charge in [-0.1, -0.05) is 178 Å². The first kappa shape index (κ1) is 75.0. The van der Waals surface area contributed by atoms with Crippen molar-refractivity contribution in [1.82, 2.24) is 0 Å². The van der Waals surface area contributed by atoms with Crippen LogP contribution in [0.2, 0.25) is 0 Å². The molecule has 0 bridgehead atoms. The van der Waals surface area contributed by atoms with Crippen molar-refractivity contribution < 1.29 is 37.7 Å². The zero-order chi connectivity index (χ0) is 24.0. The Kier molecular flexibility index (Phi) is 117. The van der Waals surface area contributed by atoms with Gasteiger partial charge in [0.1, 0.15) is 0 Å². The monoisotopic (exact) mass is 681 g/mol. The number of hydrogen-bond acceptors (Lipinski definition) is 2. The average molecular weight is 681 g/mol. The third kappa shape index (κ3) is 66.8. The van der Waals surface area contributed by atoms with Gasteiger partial charge in [0.05, 0.1) is 0 Å². The van der Waals surface area contributed by atoms with Crippen LogP contribution in [0.4, 0.5) is 28.2 Å². The summed E-state index contributed by atoms with van der Waals surface area (Å²) in [6, 6.07) is 0. The van der Waals surface area contributed by atoms with Gasteiger partial charge in [-0.15, -0.1) is 0 Å². The summed E-state index contributed by atoms with van der Waals surface area (Å²) in [6.07, 6.45) is 40.9. The highest BCUT2D eigenvalue weighted by molar-refractivity contribution is 4.53. The molecule has 2 saturated heterocycles. The fraction of sp³-hybridized carbons (Fsp3) is 1.00. The molecule has 6 fully saturated rings. The molecule has 4 saturated carbocycles. The van der Waals surface area contributed by atoms with E-state index in [2.05, 4.69) is 0 Å². The molecule has 0 spiro atoms. The van der Waals surface area contributed by atoms with Crippen molar-refractivity contribution >= 4 is 0 Å². The van der Waals surface area contributed by atoms with Gasteiger partial charge >= 0.3 is 0 Å². The molecule has 0 aromatic heterocycles. The summed E-state index contributed by atoms with van der Waals surface area (Å²) in [5.41, 5.74) is 0. The molecule has 45 heavy (non-hydrogen) atoms. The molecule has 2 aliphatic heterocycles. The zero-order valence-electron chi connectivity index (χ0n) is 25.9. The van der Waals surface area contributed by atoms with Gasteiger partial charge in [-0.05, 0) is 38.5 Å². The highest BCUT2D eigenvalue weighted by Crippen LogP contribution is 2.17. The van der Waals surface area contributed by atoms with Gasteiger partial charge in [0.2, 0.25) is 0 Å². The van der Waals surface area contributed by atoms with Crippen molar-refractivity contribution in [2.45, 2.75) is 217 Å². The van der Waals surface area contributed by atoms with E-state index in [0.29, 0.717) is 0 Å². The van der Waals surface area contributed by atoms with Crippen LogP contribution in [-0.4, -0.2) is 26.4 Å². The third-order valence-electron chi connectivity index (χ3n) is 7.65. The Morgan fingerprint density at radius 3 is 0.289 bits per heavy atom. The maximum absolute atomic E-state index is 5.07.